The molecule has 7 heteroatoms. The first-order valence-corrected chi connectivity index (χ1v) is 11.1. The molecule has 0 aliphatic heterocycles. The molecule has 33 heavy (non-hydrogen) atoms. The molecule has 0 saturated heterocycles. The quantitative estimate of drug-likeness (QED) is 0.462. The van der Waals surface area contributed by atoms with Gasteiger partial charge in [0.05, 0.1) is 18.3 Å². The van der Waals surface area contributed by atoms with Gasteiger partial charge in [-0.15, -0.1) is 0 Å². The van der Waals surface area contributed by atoms with Crippen LogP contribution in [0.25, 0.3) is 11.5 Å². The average Bonchev–Trinajstić information content (AvgIpc) is 3.14. The van der Waals surface area contributed by atoms with E-state index in [1.165, 1.54) is 0 Å². The van der Waals surface area contributed by atoms with Crippen molar-refractivity contribution in [3.8, 4) is 17.2 Å². The number of aliphatic hydroxyl groups is 1. The van der Waals surface area contributed by atoms with Crippen molar-refractivity contribution in [2.45, 2.75) is 52.2 Å². The number of nitrogens with zero attached hydrogens (tertiary/aromatic N) is 1. The van der Waals surface area contributed by atoms with Crippen molar-refractivity contribution >= 4 is 6.09 Å². The predicted octanol–water partition coefficient (Wildman–Crippen LogP) is 5.22. The van der Waals surface area contributed by atoms with Crippen LogP contribution in [0, 0.1) is 6.92 Å². The average molecular weight is 453 g/mol. The minimum atomic E-state index is -0.613. The number of carbonyl (C=O) groups is 1. The number of amides is 1. The SMILES string of the molecule is Cc1oc(-c2ccccc2)nc1CCOc1ccccc1C(CCO)NC(=O)OC(C)(C)C. The molecule has 2 N–H and O–H groups in total. The summed E-state index contributed by atoms with van der Waals surface area (Å²) in [4.78, 5) is 16.9. The number of para-hydroxylation sites is 1. The van der Waals surface area contributed by atoms with Crippen molar-refractivity contribution in [2.24, 2.45) is 0 Å². The Morgan fingerprint density at radius 1 is 1.12 bits per heavy atom. The Morgan fingerprint density at radius 3 is 2.52 bits per heavy atom. The Morgan fingerprint density at radius 2 is 1.82 bits per heavy atom. The summed E-state index contributed by atoms with van der Waals surface area (Å²) >= 11 is 0. The van der Waals surface area contributed by atoms with Gasteiger partial charge in [-0.2, -0.15) is 0 Å². The number of benzene rings is 2. The van der Waals surface area contributed by atoms with Gasteiger partial charge in [0.25, 0.3) is 0 Å². The summed E-state index contributed by atoms with van der Waals surface area (Å²) < 4.78 is 17.3. The van der Waals surface area contributed by atoms with E-state index in [2.05, 4.69) is 10.3 Å². The van der Waals surface area contributed by atoms with Crippen LogP contribution in [0.5, 0.6) is 5.75 Å². The lowest BCUT2D eigenvalue weighted by Crippen LogP contribution is -2.35. The first-order valence-electron chi connectivity index (χ1n) is 11.1. The maximum absolute atomic E-state index is 12.3. The standard InChI is InChI=1S/C26H32N2O5/c1-18-21(27-24(32-18)19-10-6-5-7-11-19)15-17-31-23-13-9-8-12-20(23)22(14-16-29)28-25(30)33-26(2,3)4/h5-13,22,29H,14-17H2,1-4H3,(H,28,30). The van der Waals surface area contributed by atoms with Crippen molar-refractivity contribution < 1.29 is 23.8 Å². The lowest BCUT2D eigenvalue weighted by molar-refractivity contribution is 0.0495. The van der Waals surface area contributed by atoms with Crippen LogP contribution >= 0.6 is 0 Å². The summed E-state index contributed by atoms with van der Waals surface area (Å²) in [5, 5.41) is 12.4. The monoisotopic (exact) mass is 452 g/mol. The zero-order valence-electron chi connectivity index (χ0n) is 19.6. The van der Waals surface area contributed by atoms with Gasteiger partial charge >= 0.3 is 6.09 Å². The maximum atomic E-state index is 12.3. The van der Waals surface area contributed by atoms with Gasteiger partial charge in [0, 0.05) is 24.2 Å². The maximum Gasteiger partial charge on any atom is 0.408 e. The number of alkyl carbamates (subject to hydrolysis) is 1. The molecule has 0 spiro atoms. The third-order valence-electron chi connectivity index (χ3n) is 4.91. The molecule has 1 amide bonds. The van der Waals surface area contributed by atoms with Crippen LogP contribution in [0.3, 0.4) is 0 Å². The molecule has 1 aromatic heterocycles. The van der Waals surface area contributed by atoms with Gasteiger partial charge in [0.1, 0.15) is 17.1 Å². The minimum absolute atomic E-state index is 0.0881. The van der Waals surface area contributed by atoms with Crippen molar-refractivity contribution in [1.29, 1.82) is 0 Å². The second-order valence-electron chi connectivity index (χ2n) is 8.74. The largest absolute Gasteiger partial charge is 0.493 e. The third kappa shape index (κ3) is 7.08. The molecule has 1 atom stereocenters. The van der Waals surface area contributed by atoms with Crippen molar-refractivity contribution in [3.05, 3.63) is 71.6 Å². The van der Waals surface area contributed by atoms with Crippen molar-refractivity contribution in [2.75, 3.05) is 13.2 Å². The van der Waals surface area contributed by atoms with E-state index >= 15 is 0 Å². The number of oxazole rings is 1. The van der Waals surface area contributed by atoms with Crippen molar-refractivity contribution in [3.63, 3.8) is 0 Å². The Kier molecular flexibility index (Phi) is 8.11. The fourth-order valence-corrected chi connectivity index (χ4v) is 3.41. The zero-order valence-corrected chi connectivity index (χ0v) is 19.6. The number of aliphatic hydroxyl groups excluding tert-OH is 1. The molecule has 3 aromatic rings. The van der Waals surface area contributed by atoms with Crippen molar-refractivity contribution in [1.82, 2.24) is 10.3 Å². The Labute approximate surface area is 194 Å². The molecular formula is C26H32N2O5. The first kappa shape index (κ1) is 24.3. The number of rotatable bonds is 9. The number of aryl methyl sites for hydroxylation is 1. The number of carbonyl (C=O) groups excluding carboxylic acids is 1. The molecule has 0 bridgehead atoms. The lowest BCUT2D eigenvalue weighted by Gasteiger charge is -2.24. The lowest BCUT2D eigenvalue weighted by atomic mass is 10.0. The van der Waals surface area contributed by atoms with E-state index in [1.54, 1.807) is 20.8 Å². The molecule has 1 heterocycles. The van der Waals surface area contributed by atoms with Gasteiger partial charge in [-0.05, 0) is 52.3 Å². The molecule has 2 aromatic carbocycles. The summed E-state index contributed by atoms with van der Waals surface area (Å²) in [5.74, 6) is 1.99. The zero-order chi connectivity index (χ0) is 23.8. The highest BCUT2D eigenvalue weighted by Gasteiger charge is 2.22. The highest BCUT2D eigenvalue weighted by Crippen LogP contribution is 2.28. The molecule has 0 aliphatic carbocycles. The highest BCUT2D eigenvalue weighted by atomic mass is 16.6. The number of nitrogens with one attached hydrogen (secondary N) is 1. The normalized spacial score (nSPS) is 12.3. The molecule has 1 unspecified atom stereocenters. The van der Waals surface area contributed by atoms with Crippen LogP contribution in [-0.2, 0) is 11.2 Å². The fraction of sp³-hybridized carbons (Fsp3) is 0.385. The van der Waals surface area contributed by atoms with E-state index in [0.717, 1.165) is 22.6 Å². The van der Waals surface area contributed by atoms with Crippen LogP contribution in [-0.4, -0.2) is 35.0 Å². The minimum Gasteiger partial charge on any atom is -0.493 e. The predicted molar refractivity (Wildman–Crippen MR) is 126 cm³/mol. The summed E-state index contributed by atoms with van der Waals surface area (Å²) in [6, 6.07) is 16.8. The molecule has 176 valence electrons. The fourth-order valence-electron chi connectivity index (χ4n) is 3.41. The van der Waals surface area contributed by atoms with Crippen LogP contribution in [0.1, 0.15) is 50.3 Å². The van der Waals surface area contributed by atoms with Gasteiger partial charge in [-0.1, -0.05) is 36.4 Å². The van der Waals surface area contributed by atoms with Gasteiger partial charge in [-0.25, -0.2) is 9.78 Å². The first-order chi connectivity index (χ1) is 15.8. The number of ether oxygens (including phenoxy) is 2. The van der Waals surface area contributed by atoms with Crippen LogP contribution < -0.4 is 10.1 Å². The third-order valence-corrected chi connectivity index (χ3v) is 4.91. The van der Waals surface area contributed by atoms with E-state index < -0.39 is 17.7 Å². The second kappa shape index (κ2) is 11.0. The van der Waals surface area contributed by atoms with Crippen LogP contribution in [0.2, 0.25) is 0 Å². The number of hydrogen-bond acceptors (Lipinski definition) is 6. The molecule has 7 nitrogen and oxygen atoms in total. The summed E-state index contributed by atoms with van der Waals surface area (Å²) in [6.45, 7) is 7.61. The van der Waals surface area contributed by atoms with Gasteiger partial charge in [-0.3, -0.25) is 0 Å². The van der Waals surface area contributed by atoms with Gasteiger partial charge < -0.3 is 24.3 Å². The highest BCUT2D eigenvalue weighted by molar-refractivity contribution is 5.68. The Bertz CT molecular complexity index is 1040. The number of hydrogen-bond donors (Lipinski definition) is 2. The van der Waals surface area contributed by atoms with E-state index in [9.17, 15) is 9.90 Å². The van der Waals surface area contributed by atoms with Gasteiger partial charge in [0.2, 0.25) is 5.89 Å². The van der Waals surface area contributed by atoms with E-state index in [4.69, 9.17) is 13.9 Å². The smallest absolute Gasteiger partial charge is 0.408 e. The molecular weight excluding hydrogens is 420 g/mol. The van der Waals surface area contributed by atoms with E-state index in [0.29, 0.717) is 31.1 Å². The summed E-state index contributed by atoms with van der Waals surface area (Å²) in [5.41, 5.74) is 1.93. The molecule has 0 saturated carbocycles. The molecule has 3 rings (SSSR count). The Balaban J connectivity index is 1.67. The summed E-state index contributed by atoms with van der Waals surface area (Å²) in [7, 11) is 0. The van der Waals surface area contributed by atoms with E-state index in [1.807, 2.05) is 61.5 Å². The number of aromatic nitrogens is 1. The van der Waals surface area contributed by atoms with Crippen LogP contribution in [0.15, 0.2) is 59.0 Å². The topological polar surface area (TPSA) is 93.8 Å². The Hall–Kier alpha value is -3.32. The van der Waals surface area contributed by atoms with Gasteiger partial charge in [0.15, 0.2) is 0 Å². The molecule has 0 aliphatic rings. The van der Waals surface area contributed by atoms with Crippen LogP contribution in [0.4, 0.5) is 4.79 Å². The summed E-state index contributed by atoms with van der Waals surface area (Å²) in [6.07, 6.45) is 0.366. The van der Waals surface area contributed by atoms with E-state index in [-0.39, 0.29) is 6.61 Å². The second-order valence-corrected chi connectivity index (χ2v) is 8.74. The molecule has 0 radical (unpaired) electrons. The molecule has 0 fully saturated rings.